The van der Waals surface area contributed by atoms with E-state index in [-0.39, 0.29) is 5.91 Å². The summed E-state index contributed by atoms with van der Waals surface area (Å²) in [6.45, 7) is 12.5. The van der Waals surface area contributed by atoms with Crippen LogP contribution in [0.15, 0.2) is 30.3 Å². The van der Waals surface area contributed by atoms with Crippen LogP contribution >= 0.6 is 0 Å². The van der Waals surface area contributed by atoms with E-state index in [0.29, 0.717) is 12.6 Å². The Morgan fingerprint density at radius 1 is 1.18 bits per heavy atom. The molecule has 1 amide bonds. The summed E-state index contributed by atoms with van der Waals surface area (Å²) in [5.41, 5.74) is 1.36. The summed E-state index contributed by atoms with van der Waals surface area (Å²) in [5, 5.41) is 0. The van der Waals surface area contributed by atoms with E-state index in [0.717, 1.165) is 39.3 Å². The number of piperazine rings is 1. The normalized spacial score (nSPS) is 20.0. The van der Waals surface area contributed by atoms with Gasteiger partial charge >= 0.3 is 0 Å². The average Bonchev–Trinajstić information content (AvgIpc) is 2.52. The maximum Gasteiger partial charge on any atom is 0.236 e. The van der Waals surface area contributed by atoms with Crippen molar-refractivity contribution in [3.05, 3.63) is 35.9 Å². The van der Waals surface area contributed by atoms with Gasteiger partial charge in [0.15, 0.2) is 0 Å². The van der Waals surface area contributed by atoms with Crippen LogP contribution < -0.4 is 0 Å². The molecule has 1 aromatic rings. The lowest BCUT2D eigenvalue weighted by Gasteiger charge is -2.40. The van der Waals surface area contributed by atoms with Crippen LogP contribution in [0.2, 0.25) is 0 Å². The van der Waals surface area contributed by atoms with Crippen LogP contribution in [0.3, 0.4) is 0 Å². The van der Waals surface area contributed by atoms with Crippen LogP contribution in [-0.2, 0) is 11.3 Å². The summed E-state index contributed by atoms with van der Waals surface area (Å²) in [5.74, 6) is 0.258. The fourth-order valence-corrected chi connectivity index (χ4v) is 3.14. The number of nitrogens with zero attached hydrogens (tertiary/aromatic N) is 3. The summed E-state index contributed by atoms with van der Waals surface area (Å²) < 4.78 is 0. The Hall–Kier alpha value is -1.39. The Morgan fingerprint density at radius 2 is 1.86 bits per heavy atom. The molecule has 0 spiro atoms. The van der Waals surface area contributed by atoms with Gasteiger partial charge in [-0.05, 0) is 26.3 Å². The molecule has 1 fully saturated rings. The highest BCUT2D eigenvalue weighted by Gasteiger charge is 2.26. The van der Waals surface area contributed by atoms with E-state index in [1.54, 1.807) is 0 Å². The fourth-order valence-electron chi connectivity index (χ4n) is 3.14. The van der Waals surface area contributed by atoms with Gasteiger partial charge in [-0.3, -0.25) is 14.6 Å². The Balaban J connectivity index is 1.83. The molecular formula is C18H29N3O. The lowest BCUT2D eigenvalue weighted by Crippen LogP contribution is -2.54. The molecule has 0 unspecified atom stereocenters. The quantitative estimate of drug-likeness (QED) is 0.805. The third kappa shape index (κ3) is 4.55. The van der Waals surface area contributed by atoms with E-state index >= 15 is 0 Å². The van der Waals surface area contributed by atoms with Crippen molar-refractivity contribution in [1.82, 2.24) is 14.7 Å². The monoisotopic (exact) mass is 303 g/mol. The third-order valence-corrected chi connectivity index (χ3v) is 4.55. The highest BCUT2D eigenvalue weighted by Crippen LogP contribution is 2.13. The molecule has 1 saturated heterocycles. The molecule has 0 saturated carbocycles. The lowest BCUT2D eigenvalue weighted by atomic mass is 10.1. The van der Waals surface area contributed by atoms with E-state index in [4.69, 9.17) is 0 Å². The van der Waals surface area contributed by atoms with Gasteiger partial charge in [-0.15, -0.1) is 0 Å². The van der Waals surface area contributed by atoms with E-state index < -0.39 is 0 Å². The van der Waals surface area contributed by atoms with Gasteiger partial charge in [0.25, 0.3) is 0 Å². The molecule has 122 valence electrons. The van der Waals surface area contributed by atoms with E-state index in [1.165, 1.54) is 5.56 Å². The number of rotatable bonds is 6. The van der Waals surface area contributed by atoms with Crippen LogP contribution in [0, 0.1) is 0 Å². The predicted molar refractivity (Wildman–Crippen MR) is 90.7 cm³/mol. The van der Waals surface area contributed by atoms with Gasteiger partial charge in [0.2, 0.25) is 5.91 Å². The summed E-state index contributed by atoms with van der Waals surface area (Å²) in [6.07, 6.45) is 0. The number of hydrogen-bond acceptors (Lipinski definition) is 3. The van der Waals surface area contributed by atoms with Crippen LogP contribution in [-0.4, -0.2) is 65.9 Å². The molecular weight excluding hydrogens is 274 g/mol. The minimum absolute atomic E-state index is 0.258. The van der Waals surface area contributed by atoms with Crippen molar-refractivity contribution in [2.75, 3.05) is 39.3 Å². The van der Waals surface area contributed by atoms with Gasteiger partial charge in [0.05, 0.1) is 6.54 Å². The molecule has 0 radical (unpaired) electrons. The second kappa shape index (κ2) is 8.30. The van der Waals surface area contributed by atoms with E-state index in [1.807, 2.05) is 18.7 Å². The number of carbonyl (C=O) groups is 1. The smallest absolute Gasteiger partial charge is 0.236 e. The number of carbonyl (C=O) groups excluding carboxylic acids is 1. The van der Waals surface area contributed by atoms with Crippen LogP contribution in [0.1, 0.15) is 26.3 Å². The summed E-state index contributed by atoms with van der Waals surface area (Å²) in [6, 6.07) is 11.0. The van der Waals surface area contributed by atoms with Crippen molar-refractivity contribution in [3.8, 4) is 0 Å². The first-order valence-electron chi connectivity index (χ1n) is 8.42. The van der Waals surface area contributed by atoms with Crippen molar-refractivity contribution < 1.29 is 4.79 Å². The lowest BCUT2D eigenvalue weighted by molar-refractivity contribution is -0.133. The number of benzene rings is 1. The second-order valence-corrected chi connectivity index (χ2v) is 6.11. The van der Waals surface area contributed by atoms with Crippen molar-refractivity contribution in [1.29, 1.82) is 0 Å². The van der Waals surface area contributed by atoms with Gasteiger partial charge < -0.3 is 4.90 Å². The Bertz CT molecular complexity index is 459. The maximum absolute atomic E-state index is 12.3. The van der Waals surface area contributed by atoms with Gasteiger partial charge in [0, 0.05) is 45.3 Å². The van der Waals surface area contributed by atoms with Gasteiger partial charge in [-0.1, -0.05) is 30.3 Å². The van der Waals surface area contributed by atoms with Crippen molar-refractivity contribution in [3.63, 3.8) is 0 Å². The fraction of sp³-hybridized carbons (Fsp3) is 0.611. The molecule has 0 bridgehead atoms. The van der Waals surface area contributed by atoms with Crippen molar-refractivity contribution in [2.24, 2.45) is 0 Å². The SMILES string of the molecule is CCN(CC)C(=O)CN1CCN(Cc2ccccc2)C[C@H]1C. The van der Waals surface area contributed by atoms with Crippen molar-refractivity contribution >= 4 is 5.91 Å². The molecule has 0 N–H and O–H groups in total. The molecule has 2 rings (SSSR count). The Kier molecular flexibility index (Phi) is 6.40. The van der Waals surface area contributed by atoms with Crippen LogP contribution in [0.5, 0.6) is 0 Å². The third-order valence-electron chi connectivity index (χ3n) is 4.55. The number of likely N-dealkylation sites (N-methyl/N-ethyl adjacent to an activating group) is 1. The first-order valence-corrected chi connectivity index (χ1v) is 8.42. The minimum Gasteiger partial charge on any atom is -0.342 e. The average molecular weight is 303 g/mol. The van der Waals surface area contributed by atoms with Crippen LogP contribution in [0.25, 0.3) is 0 Å². The molecule has 1 aliphatic heterocycles. The van der Waals surface area contributed by atoms with E-state index in [2.05, 4.69) is 47.1 Å². The van der Waals surface area contributed by atoms with Gasteiger partial charge in [0.1, 0.15) is 0 Å². The van der Waals surface area contributed by atoms with Crippen LogP contribution in [0.4, 0.5) is 0 Å². The summed E-state index contributed by atoms with van der Waals surface area (Å²) in [7, 11) is 0. The zero-order valence-electron chi connectivity index (χ0n) is 14.2. The molecule has 4 nitrogen and oxygen atoms in total. The molecule has 4 heteroatoms. The Labute approximate surface area is 134 Å². The maximum atomic E-state index is 12.3. The minimum atomic E-state index is 0.258. The standard InChI is InChI=1S/C18H29N3O/c1-4-20(5-2)18(22)15-21-12-11-19(13-16(21)3)14-17-9-7-6-8-10-17/h6-10,16H,4-5,11-15H2,1-3H3/t16-/m1/s1. The summed E-state index contributed by atoms with van der Waals surface area (Å²) in [4.78, 5) is 19.0. The first kappa shape index (κ1) is 17.0. The summed E-state index contributed by atoms with van der Waals surface area (Å²) >= 11 is 0. The number of hydrogen-bond donors (Lipinski definition) is 0. The van der Waals surface area contributed by atoms with Gasteiger partial charge in [-0.25, -0.2) is 0 Å². The molecule has 1 heterocycles. The van der Waals surface area contributed by atoms with E-state index in [9.17, 15) is 4.79 Å². The Morgan fingerprint density at radius 3 is 2.45 bits per heavy atom. The molecule has 0 aliphatic carbocycles. The zero-order chi connectivity index (χ0) is 15.9. The first-order chi connectivity index (χ1) is 10.6. The predicted octanol–water partition coefficient (Wildman–Crippen LogP) is 2.06. The molecule has 0 aromatic heterocycles. The molecule has 1 aliphatic rings. The number of amides is 1. The highest BCUT2D eigenvalue weighted by atomic mass is 16.2. The largest absolute Gasteiger partial charge is 0.342 e. The second-order valence-electron chi connectivity index (χ2n) is 6.11. The molecule has 1 aromatic carbocycles. The molecule has 1 atom stereocenters. The zero-order valence-corrected chi connectivity index (χ0v) is 14.2. The molecule has 22 heavy (non-hydrogen) atoms. The van der Waals surface area contributed by atoms with Crippen molar-refractivity contribution in [2.45, 2.75) is 33.4 Å². The highest BCUT2D eigenvalue weighted by molar-refractivity contribution is 5.78. The van der Waals surface area contributed by atoms with Gasteiger partial charge in [-0.2, -0.15) is 0 Å². The topological polar surface area (TPSA) is 26.8 Å².